The van der Waals surface area contributed by atoms with Gasteiger partial charge in [-0.15, -0.1) is 0 Å². The Morgan fingerprint density at radius 2 is 2.03 bits per heavy atom. The summed E-state index contributed by atoms with van der Waals surface area (Å²) in [4.78, 5) is 27.6. The second-order valence-corrected chi connectivity index (χ2v) is 9.27. The molecule has 3 aromatic rings. The van der Waals surface area contributed by atoms with Gasteiger partial charge in [0.2, 0.25) is 0 Å². The van der Waals surface area contributed by atoms with E-state index in [0.29, 0.717) is 12.1 Å². The highest BCUT2D eigenvalue weighted by Crippen LogP contribution is 2.39. The third-order valence-corrected chi connectivity index (χ3v) is 6.70. The molecule has 2 aromatic heterocycles. The van der Waals surface area contributed by atoms with Crippen molar-refractivity contribution < 1.29 is 9.90 Å². The van der Waals surface area contributed by atoms with E-state index >= 15 is 0 Å². The molecule has 1 spiro atoms. The van der Waals surface area contributed by atoms with Gasteiger partial charge in [0.25, 0.3) is 5.91 Å². The minimum Gasteiger partial charge on any atom is -0.507 e. The number of phenolic OH excluding ortho intramolecular Hbond substituents is 1. The lowest BCUT2D eigenvalue weighted by molar-refractivity contribution is 0.0950. The van der Waals surface area contributed by atoms with Crippen LogP contribution in [0.3, 0.4) is 0 Å². The molecule has 1 aliphatic heterocycles. The largest absolute Gasteiger partial charge is 0.507 e. The summed E-state index contributed by atoms with van der Waals surface area (Å²) in [6.07, 6.45) is 9.19. The van der Waals surface area contributed by atoms with Crippen LogP contribution in [0.4, 0.5) is 5.82 Å². The van der Waals surface area contributed by atoms with Crippen LogP contribution in [0.15, 0.2) is 36.5 Å². The minimum absolute atomic E-state index is 0.00968. The molecule has 2 fully saturated rings. The number of anilines is 1. The van der Waals surface area contributed by atoms with Crippen LogP contribution in [0.1, 0.15) is 54.7 Å². The molecule has 174 valence electrons. The first-order chi connectivity index (χ1) is 16.1. The summed E-state index contributed by atoms with van der Waals surface area (Å²) in [5.74, 6) is 1.70. The molecule has 5 rings (SSSR count). The number of fused-ring (bicyclic) bond motifs is 1. The molecule has 33 heavy (non-hydrogen) atoms. The first-order valence-electron chi connectivity index (χ1n) is 12.0. The van der Waals surface area contributed by atoms with Gasteiger partial charge in [0.1, 0.15) is 23.0 Å². The molecular formula is C25H32N6O2. The van der Waals surface area contributed by atoms with Crippen molar-refractivity contribution in [3.05, 3.63) is 47.9 Å². The summed E-state index contributed by atoms with van der Waals surface area (Å²) in [6, 6.07) is 8.69. The lowest BCUT2D eigenvalue weighted by Gasteiger charge is -2.26. The van der Waals surface area contributed by atoms with Crippen molar-refractivity contribution in [1.29, 1.82) is 0 Å². The van der Waals surface area contributed by atoms with Crippen molar-refractivity contribution in [3.63, 3.8) is 0 Å². The number of carbonyl (C=O) groups excluding carboxylic acids is 1. The predicted octanol–water partition coefficient (Wildman–Crippen LogP) is 3.14. The molecule has 1 aromatic carbocycles. The van der Waals surface area contributed by atoms with E-state index in [-0.39, 0.29) is 17.2 Å². The van der Waals surface area contributed by atoms with Crippen molar-refractivity contribution in [2.24, 2.45) is 0 Å². The standard InChI is InChI=1S/C25H32N6O2/c32-20-8-4-3-7-18(20)24(33)27-13-5-1-2-9-21-29-22-19(10-15-26-22)23(30-21)31-16-6-14-28-25(17-31)11-12-25/h3-4,7-8,10,15,28,32H,1-2,5-6,9,11-14,16-17H2,(H,27,33)(H,26,29,30). The molecular weight excluding hydrogens is 416 g/mol. The second kappa shape index (κ2) is 9.39. The SMILES string of the molecule is O=C(NCCCCCc1nc(N2CCCNC3(CC3)C2)c2cc[nH]c2n1)c1ccccc1O. The lowest BCUT2D eigenvalue weighted by Crippen LogP contribution is -2.40. The number of unbranched alkanes of at least 4 members (excludes halogenated alkanes) is 2. The van der Waals surface area contributed by atoms with Gasteiger partial charge in [0.15, 0.2) is 0 Å². The summed E-state index contributed by atoms with van der Waals surface area (Å²) in [5.41, 5.74) is 1.51. The third kappa shape index (κ3) is 4.95. The molecule has 0 atom stereocenters. The van der Waals surface area contributed by atoms with Crippen molar-refractivity contribution in [2.75, 3.05) is 31.1 Å². The summed E-state index contributed by atoms with van der Waals surface area (Å²) < 4.78 is 0. The number of rotatable bonds is 8. The van der Waals surface area contributed by atoms with Crippen LogP contribution in [-0.4, -0.2) is 57.7 Å². The number of amides is 1. The highest BCUT2D eigenvalue weighted by molar-refractivity contribution is 5.96. The van der Waals surface area contributed by atoms with Crippen LogP contribution in [0, 0.1) is 0 Å². The Morgan fingerprint density at radius 3 is 2.88 bits per heavy atom. The van der Waals surface area contributed by atoms with E-state index in [2.05, 4.69) is 26.6 Å². The molecule has 1 saturated carbocycles. The highest BCUT2D eigenvalue weighted by Gasteiger charge is 2.44. The van der Waals surface area contributed by atoms with Gasteiger partial charge >= 0.3 is 0 Å². The van der Waals surface area contributed by atoms with Gasteiger partial charge in [-0.3, -0.25) is 4.79 Å². The van der Waals surface area contributed by atoms with E-state index < -0.39 is 0 Å². The zero-order chi connectivity index (χ0) is 22.7. The Hall–Kier alpha value is -3.13. The second-order valence-electron chi connectivity index (χ2n) is 9.27. The van der Waals surface area contributed by atoms with Crippen LogP contribution in [0.2, 0.25) is 0 Å². The monoisotopic (exact) mass is 448 g/mol. The Bertz CT molecular complexity index is 1120. The Morgan fingerprint density at radius 1 is 1.15 bits per heavy atom. The number of hydrogen-bond donors (Lipinski definition) is 4. The summed E-state index contributed by atoms with van der Waals surface area (Å²) in [6.45, 7) is 3.69. The van der Waals surface area contributed by atoms with Gasteiger partial charge in [0.05, 0.1) is 10.9 Å². The topological polar surface area (TPSA) is 106 Å². The number of aromatic amines is 1. The molecule has 0 radical (unpaired) electrons. The smallest absolute Gasteiger partial charge is 0.255 e. The quantitative estimate of drug-likeness (QED) is 0.395. The van der Waals surface area contributed by atoms with Gasteiger partial charge in [-0.2, -0.15) is 0 Å². The number of para-hydroxylation sites is 1. The fourth-order valence-corrected chi connectivity index (χ4v) is 4.66. The maximum Gasteiger partial charge on any atom is 0.255 e. The number of nitrogens with one attached hydrogen (secondary N) is 3. The maximum absolute atomic E-state index is 12.2. The van der Waals surface area contributed by atoms with Crippen molar-refractivity contribution in [2.45, 2.75) is 50.5 Å². The average Bonchev–Trinajstić information content (AvgIpc) is 3.48. The molecule has 0 bridgehead atoms. The van der Waals surface area contributed by atoms with Crippen LogP contribution >= 0.6 is 0 Å². The molecule has 1 aliphatic carbocycles. The molecule has 1 amide bonds. The fourth-order valence-electron chi connectivity index (χ4n) is 4.66. The number of benzene rings is 1. The van der Waals surface area contributed by atoms with Crippen LogP contribution in [0.5, 0.6) is 5.75 Å². The van der Waals surface area contributed by atoms with E-state index in [9.17, 15) is 9.90 Å². The molecule has 4 N–H and O–H groups in total. The first kappa shape index (κ1) is 21.7. The Labute approximate surface area is 193 Å². The normalized spacial score (nSPS) is 17.3. The molecule has 2 aliphatic rings. The summed E-state index contributed by atoms with van der Waals surface area (Å²) >= 11 is 0. The number of aromatic hydroxyl groups is 1. The Kier molecular flexibility index (Phi) is 6.17. The van der Waals surface area contributed by atoms with Crippen molar-refractivity contribution >= 4 is 22.8 Å². The van der Waals surface area contributed by atoms with Crippen LogP contribution in [-0.2, 0) is 6.42 Å². The van der Waals surface area contributed by atoms with E-state index in [0.717, 1.165) is 74.4 Å². The van der Waals surface area contributed by atoms with Crippen molar-refractivity contribution in [3.8, 4) is 5.75 Å². The molecule has 0 unspecified atom stereocenters. The van der Waals surface area contributed by atoms with E-state index in [4.69, 9.17) is 9.97 Å². The first-order valence-corrected chi connectivity index (χ1v) is 12.0. The summed E-state index contributed by atoms with van der Waals surface area (Å²) in [7, 11) is 0. The minimum atomic E-state index is -0.237. The number of carbonyl (C=O) groups is 1. The zero-order valence-corrected chi connectivity index (χ0v) is 18.9. The van der Waals surface area contributed by atoms with E-state index in [1.165, 1.54) is 18.9 Å². The number of aryl methyl sites for hydroxylation is 1. The van der Waals surface area contributed by atoms with E-state index in [1.54, 1.807) is 18.2 Å². The molecule has 8 heteroatoms. The molecule has 1 saturated heterocycles. The van der Waals surface area contributed by atoms with Gasteiger partial charge in [-0.1, -0.05) is 18.6 Å². The molecule has 3 heterocycles. The maximum atomic E-state index is 12.2. The van der Waals surface area contributed by atoms with Gasteiger partial charge in [0, 0.05) is 37.8 Å². The van der Waals surface area contributed by atoms with Gasteiger partial charge in [-0.05, 0) is 56.8 Å². The lowest BCUT2D eigenvalue weighted by atomic mass is 10.1. The Balaban J connectivity index is 1.15. The number of phenols is 1. The molecule has 8 nitrogen and oxygen atoms in total. The number of nitrogens with zero attached hydrogens (tertiary/aromatic N) is 3. The number of aromatic nitrogens is 3. The van der Waals surface area contributed by atoms with Crippen LogP contribution in [0.25, 0.3) is 11.0 Å². The predicted molar refractivity (Wildman–Crippen MR) is 129 cm³/mol. The third-order valence-electron chi connectivity index (χ3n) is 6.70. The van der Waals surface area contributed by atoms with Crippen molar-refractivity contribution in [1.82, 2.24) is 25.6 Å². The average molecular weight is 449 g/mol. The number of hydrogen-bond acceptors (Lipinski definition) is 6. The highest BCUT2D eigenvalue weighted by atomic mass is 16.3. The number of H-pyrrole nitrogens is 1. The zero-order valence-electron chi connectivity index (χ0n) is 18.9. The van der Waals surface area contributed by atoms with Gasteiger partial charge in [-0.25, -0.2) is 9.97 Å². The van der Waals surface area contributed by atoms with Gasteiger partial charge < -0.3 is 25.6 Å². The fraction of sp³-hybridized carbons (Fsp3) is 0.480. The summed E-state index contributed by atoms with van der Waals surface area (Å²) in [5, 5.41) is 17.5. The van der Waals surface area contributed by atoms with E-state index in [1.807, 2.05) is 6.20 Å². The van der Waals surface area contributed by atoms with Crippen LogP contribution < -0.4 is 15.5 Å².